The molecule has 3 fully saturated rings. The van der Waals surface area contributed by atoms with E-state index in [4.69, 9.17) is 14.1 Å². The lowest BCUT2D eigenvalue weighted by Crippen LogP contribution is -2.41. The topological polar surface area (TPSA) is 83.7 Å². The van der Waals surface area contributed by atoms with E-state index in [0.717, 1.165) is 37.6 Å². The maximum atomic E-state index is 12.3. The number of ether oxygens (including phenoxy) is 1. The molecule has 0 radical (unpaired) electrons. The molecule has 3 aliphatic heterocycles. The number of carbonyl (C=O) groups excluding carboxylic acids is 1. The number of amides is 1. The second-order valence-electron chi connectivity index (χ2n) is 8.26. The molecule has 28 heavy (non-hydrogen) atoms. The largest absolute Gasteiger partial charge is 0.472 e. The molecule has 0 aromatic carbocycles. The molecule has 3 saturated heterocycles. The number of rotatable bonds is 5. The monoisotopic (exact) mass is 383 g/mol. The first-order chi connectivity index (χ1) is 13.6. The van der Waals surface area contributed by atoms with Crippen molar-refractivity contribution < 1.29 is 13.9 Å². The third-order valence-electron chi connectivity index (χ3n) is 6.46. The van der Waals surface area contributed by atoms with Crippen molar-refractivity contribution in [3.8, 4) is 0 Å². The second-order valence-corrected chi connectivity index (χ2v) is 8.26. The van der Waals surface area contributed by atoms with Crippen molar-refractivity contribution in [1.82, 2.24) is 15.3 Å². The molecular weight excluding hydrogens is 358 g/mol. The van der Waals surface area contributed by atoms with E-state index in [1.165, 1.54) is 12.5 Å². The highest BCUT2D eigenvalue weighted by molar-refractivity contribution is 5.93. The van der Waals surface area contributed by atoms with Gasteiger partial charge in [-0.05, 0) is 18.9 Å². The molecular formula is C20H25N5O3. The van der Waals surface area contributed by atoms with Gasteiger partial charge in [-0.15, -0.1) is 0 Å². The Morgan fingerprint density at radius 2 is 2.32 bits per heavy atom. The number of nitrogens with zero attached hydrogens (tertiary/aromatic N) is 4. The van der Waals surface area contributed by atoms with Crippen LogP contribution in [0.1, 0.15) is 23.2 Å². The van der Waals surface area contributed by atoms with Gasteiger partial charge in [0.1, 0.15) is 17.9 Å². The summed E-state index contributed by atoms with van der Waals surface area (Å²) in [4.78, 5) is 25.7. The molecule has 2 aromatic heterocycles. The zero-order valence-corrected chi connectivity index (χ0v) is 16.2. The maximum absolute atomic E-state index is 12.3. The fraction of sp³-hybridized carbons (Fsp3) is 0.550. The number of aromatic nitrogens is 2. The summed E-state index contributed by atoms with van der Waals surface area (Å²) in [5, 5.41) is 3.07. The Labute approximate surface area is 163 Å². The zero-order valence-electron chi connectivity index (χ0n) is 16.2. The Hall–Kier alpha value is -2.61. The van der Waals surface area contributed by atoms with Crippen LogP contribution in [0.5, 0.6) is 0 Å². The Balaban J connectivity index is 1.31. The van der Waals surface area contributed by atoms with Crippen molar-refractivity contribution in [1.29, 1.82) is 0 Å². The fourth-order valence-corrected chi connectivity index (χ4v) is 5.06. The fourth-order valence-electron chi connectivity index (χ4n) is 5.06. The number of fused-ring (bicyclic) bond motifs is 1. The van der Waals surface area contributed by atoms with Crippen LogP contribution in [0.25, 0.3) is 0 Å². The van der Waals surface area contributed by atoms with E-state index in [0.29, 0.717) is 23.9 Å². The summed E-state index contributed by atoms with van der Waals surface area (Å²) in [7, 11) is 3.93. The van der Waals surface area contributed by atoms with Crippen molar-refractivity contribution in [2.24, 2.45) is 11.8 Å². The van der Waals surface area contributed by atoms with Gasteiger partial charge in [0.2, 0.25) is 0 Å². The number of anilines is 2. The van der Waals surface area contributed by atoms with E-state index in [1.54, 1.807) is 12.3 Å². The molecule has 1 amide bonds. The molecule has 5 rings (SSSR count). The summed E-state index contributed by atoms with van der Waals surface area (Å²) in [5.74, 6) is 2.36. The summed E-state index contributed by atoms with van der Waals surface area (Å²) in [5.41, 5.74) is 0.438. The van der Waals surface area contributed by atoms with Gasteiger partial charge in [0.15, 0.2) is 0 Å². The smallest absolute Gasteiger partial charge is 0.254 e. The minimum atomic E-state index is -0.120. The van der Waals surface area contributed by atoms with Gasteiger partial charge >= 0.3 is 0 Å². The average Bonchev–Trinajstić information content (AvgIpc) is 3.46. The van der Waals surface area contributed by atoms with E-state index in [-0.39, 0.29) is 17.6 Å². The van der Waals surface area contributed by atoms with Crippen LogP contribution in [0.2, 0.25) is 0 Å². The quantitative estimate of drug-likeness (QED) is 0.839. The van der Waals surface area contributed by atoms with Gasteiger partial charge in [-0.25, -0.2) is 4.98 Å². The van der Waals surface area contributed by atoms with Crippen LogP contribution in [-0.2, 0) is 4.74 Å². The van der Waals surface area contributed by atoms with Gasteiger partial charge in [-0.2, -0.15) is 0 Å². The van der Waals surface area contributed by atoms with E-state index < -0.39 is 0 Å². The molecule has 8 nitrogen and oxygen atoms in total. The lowest BCUT2D eigenvalue weighted by atomic mass is 9.73. The minimum absolute atomic E-state index is 0.0926. The van der Waals surface area contributed by atoms with E-state index in [1.807, 2.05) is 25.2 Å². The Bertz CT molecular complexity index is 870. The predicted octanol–water partition coefficient (Wildman–Crippen LogP) is 1.55. The van der Waals surface area contributed by atoms with Gasteiger partial charge in [0, 0.05) is 45.6 Å². The Morgan fingerprint density at radius 3 is 3.11 bits per heavy atom. The molecule has 0 saturated carbocycles. The van der Waals surface area contributed by atoms with Crippen LogP contribution in [0, 0.1) is 11.8 Å². The molecule has 1 spiro atoms. The molecule has 8 heteroatoms. The Kier molecular flexibility index (Phi) is 4.04. The highest BCUT2D eigenvalue weighted by atomic mass is 16.5. The van der Waals surface area contributed by atoms with Crippen LogP contribution < -0.4 is 15.1 Å². The number of hydrogen-bond acceptors (Lipinski definition) is 7. The van der Waals surface area contributed by atoms with Crippen LogP contribution in [0.3, 0.4) is 0 Å². The third kappa shape index (κ3) is 2.74. The van der Waals surface area contributed by atoms with Crippen LogP contribution in [0.4, 0.5) is 11.6 Å². The summed E-state index contributed by atoms with van der Waals surface area (Å²) in [6.45, 7) is 2.35. The van der Waals surface area contributed by atoms with Crippen molar-refractivity contribution in [2.75, 3.05) is 43.5 Å². The summed E-state index contributed by atoms with van der Waals surface area (Å²) < 4.78 is 11.5. The molecule has 0 unspecified atom stereocenters. The minimum Gasteiger partial charge on any atom is -0.472 e. The van der Waals surface area contributed by atoms with Gasteiger partial charge in [-0.3, -0.25) is 9.78 Å². The average molecular weight is 383 g/mol. The first-order valence-electron chi connectivity index (χ1n) is 9.78. The Morgan fingerprint density at radius 1 is 1.43 bits per heavy atom. The number of nitrogens with one attached hydrogen (secondary N) is 1. The van der Waals surface area contributed by atoms with E-state index in [2.05, 4.69) is 15.2 Å². The lowest BCUT2D eigenvalue weighted by molar-refractivity contribution is 0.0141. The van der Waals surface area contributed by atoms with Crippen LogP contribution >= 0.6 is 0 Å². The zero-order chi connectivity index (χ0) is 19.3. The number of carbonyl (C=O) groups is 1. The summed E-state index contributed by atoms with van der Waals surface area (Å²) in [6.07, 6.45) is 8.95. The SMILES string of the molecule is CN(C)c1cncc(N2C[C@@H]3[C@H](CNC(=O)c4ccoc4)[C@H]4CC[C@]3(C2)O4)n1. The maximum Gasteiger partial charge on any atom is 0.254 e. The van der Waals surface area contributed by atoms with Crippen molar-refractivity contribution in [3.63, 3.8) is 0 Å². The predicted molar refractivity (Wildman–Crippen MR) is 103 cm³/mol. The molecule has 2 bridgehead atoms. The highest BCUT2D eigenvalue weighted by Crippen LogP contribution is 2.55. The first-order valence-corrected chi connectivity index (χ1v) is 9.78. The molecule has 0 aliphatic carbocycles. The van der Waals surface area contributed by atoms with Gasteiger partial charge < -0.3 is 24.3 Å². The van der Waals surface area contributed by atoms with Gasteiger partial charge in [0.05, 0.1) is 35.9 Å². The lowest BCUT2D eigenvalue weighted by Gasteiger charge is -2.29. The summed E-state index contributed by atoms with van der Waals surface area (Å²) >= 11 is 0. The standard InChI is InChI=1S/C20H25N5O3/c1-24(2)17-8-21-9-18(23-17)25-10-15-14(16-3-5-20(15,12-25)28-16)7-22-19(26)13-4-6-27-11-13/h4,6,8-9,11,14-16H,3,5,7,10,12H2,1-2H3,(H,22,26)/t14-,15+,16+,20+/m0/s1. The molecule has 4 atom stereocenters. The van der Waals surface area contributed by atoms with Crippen molar-refractivity contribution in [2.45, 2.75) is 24.5 Å². The highest BCUT2D eigenvalue weighted by Gasteiger charge is 2.63. The molecule has 148 valence electrons. The van der Waals surface area contributed by atoms with E-state index in [9.17, 15) is 4.79 Å². The molecule has 5 heterocycles. The molecule has 3 aliphatic rings. The van der Waals surface area contributed by atoms with E-state index >= 15 is 0 Å². The van der Waals surface area contributed by atoms with Crippen LogP contribution in [-0.4, -0.2) is 61.3 Å². The second kappa shape index (κ2) is 6.48. The normalized spacial score (nSPS) is 30.5. The third-order valence-corrected chi connectivity index (χ3v) is 6.46. The van der Waals surface area contributed by atoms with Crippen LogP contribution in [0.15, 0.2) is 35.4 Å². The number of hydrogen-bond donors (Lipinski definition) is 1. The summed E-state index contributed by atoms with van der Waals surface area (Å²) in [6, 6.07) is 1.68. The van der Waals surface area contributed by atoms with Crippen molar-refractivity contribution >= 4 is 17.5 Å². The molecule has 2 aromatic rings. The number of furan rings is 1. The first kappa shape index (κ1) is 17.5. The molecule has 1 N–H and O–H groups in total. The van der Waals surface area contributed by atoms with Gasteiger partial charge in [0.25, 0.3) is 5.91 Å². The van der Waals surface area contributed by atoms with Gasteiger partial charge in [-0.1, -0.05) is 0 Å². The van der Waals surface area contributed by atoms with Crippen molar-refractivity contribution in [3.05, 3.63) is 36.5 Å².